The number of ether oxygens (including phenoxy) is 1. The highest BCUT2D eigenvalue weighted by Crippen LogP contribution is 2.32. The molecule has 7 heteroatoms. The van der Waals surface area contributed by atoms with Gasteiger partial charge in [-0.2, -0.15) is 0 Å². The van der Waals surface area contributed by atoms with Crippen LogP contribution < -0.4 is 17.0 Å². The van der Waals surface area contributed by atoms with E-state index in [-0.39, 0.29) is 17.6 Å². The summed E-state index contributed by atoms with van der Waals surface area (Å²) < 4.78 is 7.18. The summed E-state index contributed by atoms with van der Waals surface area (Å²) in [5, 5.41) is 0. The molecule has 3 rings (SSSR count). The van der Waals surface area contributed by atoms with Gasteiger partial charge < -0.3 is 20.8 Å². The summed E-state index contributed by atoms with van der Waals surface area (Å²) in [6.07, 6.45) is 8.26. The lowest BCUT2D eigenvalue weighted by molar-refractivity contribution is 0.169. The van der Waals surface area contributed by atoms with Crippen LogP contribution in [0.4, 0.5) is 5.95 Å². The normalized spacial score (nSPS) is 16.5. The van der Waals surface area contributed by atoms with E-state index in [0.29, 0.717) is 18.8 Å². The lowest BCUT2D eigenvalue weighted by Crippen LogP contribution is -2.20. The van der Waals surface area contributed by atoms with E-state index in [4.69, 9.17) is 16.2 Å². The molecule has 0 amide bonds. The Bertz CT molecular complexity index is 776. The van der Waals surface area contributed by atoms with Gasteiger partial charge in [-0.15, -0.1) is 0 Å². The van der Waals surface area contributed by atoms with Crippen LogP contribution in [0, 0.1) is 0 Å². The molecule has 120 valence electrons. The molecular weight excluding hydrogens is 294 g/mol. The monoisotopic (exact) mass is 313 g/mol. The van der Waals surface area contributed by atoms with E-state index >= 15 is 0 Å². The predicted octanol–water partition coefficient (Wildman–Crippen LogP) is 1.21. The number of pyridine rings is 1. The maximum absolute atomic E-state index is 12.2. The lowest BCUT2D eigenvalue weighted by Gasteiger charge is -2.15. The molecule has 0 fully saturated rings. The van der Waals surface area contributed by atoms with Gasteiger partial charge in [0.15, 0.2) is 0 Å². The van der Waals surface area contributed by atoms with Crippen molar-refractivity contribution in [3.63, 3.8) is 0 Å². The molecular formula is C16H19N5O2. The number of hydrogen-bond acceptors (Lipinski definition) is 6. The molecule has 0 spiro atoms. The zero-order chi connectivity index (χ0) is 16.2. The highest BCUT2D eigenvalue weighted by atomic mass is 16.5. The number of nitrogens with zero attached hydrogens (tertiary/aromatic N) is 3. The van der Waals surface area contributed by atoms with Crippen molar-refractivity contribution in [1.82, 2.24) is 14.5 Å². The van der Waals surface area contributed by atoms with Crippen LogP contribution in [0.15, 0.2) is 41.7 Å². The molecule has 23 heavy (non-hydrogen) atoms. The molecule has 0 saturated carbocycles. The Balaban J connectivity index is 1.98. The number of anilines is 1. The van der Waals surface area contributed by atoms with E-state index in [2.05, 4.69) is 9.97 Å². The van der Waals surface area contributed by atoms with Crippen LogP contribution in [-0.4, -0.2) is 21.1 Å². The SMILES string of the molecule is NCCCn1ccc(-c2cnc(N)nc2C2CC=CO2)cc1=O. The van der Waals surface area contributed by atoms with Crippen LogP contribution in [0.1, 0.15) is 24.6 Å². The lowest BCUT2D eigenvalue weighted by atomic mass is 10.0. The molecule has 0 radical (unpaired) electrons. The predicted molar refractivity (Wildman–Crippen MR) is 87.4 cm³/mol. The van der Waals surface area contributed by atoms with Crippen molar-refractivity contribution in [2.45, 2.75) is 25.5 Å². The fourth-order valence-corrected chi connectivity index (χ4v) is 2.56. The van der Waals surface area contributed by atoms with Gasteiger partial charge >= 0.3 is 0 Å². The fraction of sp³-hybridized carbons (Fsp3) is 0.312. The molecule has 0 aliphatic carbocycles. The van der Waals surface area contributed by atoms with Crippen molar-refractivity contribution >= 4 is 5.95 Å². The second-order valence-electron chi connectivity index (χ2n) is 5.35. The highest BCUT2D eigenvalue weighted by molar-refractivity contribution is 5.65. The number of rotatable bonds is 5. The van der Waals surface area contributed by atoms with Crippen LogP contribution in [0.2, 0.25) is 0 Å². The molecule has 1 unspecified atom stereocenters. The maximum atomic E-state index is 12.2. The van der Waals surface area contributed by atoms with Gasteiger partial charge in [0.25, 0.3) is 5.56 Å². The van der Waals surface area contributed by atoms with Crippen molar-refractivity contribution in [3.8, 4) is 11.1 Å². The average molecular weight is 313 g/mol. The molecule has 1 aliphatic rings. The zero-order valence-electron chi connectivity index (χ0n) is 12.7. The van der Waals surface area contributed by atoms with Crippen molar-refractivity contribution < 1.29 is 4.74 Å². The fourth-order valence-electron chi connectivity index (χ4n) is 2.56. The minimum absolute atomic E-state index is 0.0795. The number of aromatic nitrogens is 3. The molecule has 1 aliphatic heterocycles. The van der Waals surface area contributed by atoms with E-state index in [1.807, 2.05) is 12.1 Å². The number of nitrogen functional groups attached to an aromatic ring is 1. The topological polar surface area (TPSA) is 109 Å². The van der Waals surface area contributed by atoms with Crippen molar-refractivity contribution in [2.75, 3.05) is 12.3 Å². The van der Waals surface area contributed by atoms with Gasteiger partial charge in [0.2, 0.25) is 5.95 Å². The Morgan fingerprint density at radius 1 is 1.43 bits per heavy atom. The van der Waals surface area contributed by atoms with Gasteiger partial charge in [-0.1, -0.05) is 0 Å². The Hall–Kier alpha value is -2.67. The van der Waals surface area contributed by atoms with Crippen LogP contribution in [0.25, 0.3) is 11.1 Å². The van der Waals surface area contributed by atoms with Gasteiger partial charge in [0.05, 0.1) is 12.0 Å². The summed E-state index contributed by atoms with van der Waals surface area (Å²) in [4.78, 5) is 20.6. The zero-order valence-corrected chi connectivity index (χ0v) is 12.7. The van der Waals surface area contributed by atoms with E-state index in [0.717, 1.165) is 24.0 Å². The van der Waals surface area contributed by atoms with E-state index in [9.17, 15) is 4.79 Å². The third-order valence-corrected chi connectivity index (χ3v) is 3.74. The summed E-state index contributed by atoms with van der Waals surface area (Å²) in [7, 11) is 0. The molecule has 0 saturated heterocycles. The molecule has 4 N–H and O–H groups in total. The summed E-state index contributed by atoms with van der Waals surface area (Å²) >= 11 is 0. The van der Waals surface area contributed by atoms with Crippen LogP contribution in [0.3, 0.4) is 0 Å². The molecule has 0 aromatic carbocycles. The van der Waals surface area contributed by atoms with Crippen LogP contribution >= 0.6 is 0 Å². The quantitative estimate of drug-likeness (QED) is 0.858. The smallest absolute Gasteiger partial charge is 0.251 e. The summed E-state index contributed by atoms with van der Waals surface area (Å²) in [5.41, 5.74) is 13.3. The van der Waals surface area contributed by atoms with E-state index < -0.39 is 0 Å². The highest BCUT2D eigenvalue weighted by Gasteiger charge is 2.21. The third kappa shape index (κ3) is 3.24. The molecule has 2 aromatic heterocycles. The standard InChI is InChI=1S/C16H19N5O2/c17-5-2-6-21-7-4-11(9-14(21)22)12-10-19-16(18)20-15(12)13-3-1-8-23-13/h1,4,7-10,13H,2-3,5-6,17H2,(H2,18,19,20). The van der Waals surface area contributed by atoms with E-state index in [1.54, 1.807) is 29.3 Å². The van der Waals surface area contributed by atoms with Gasteiger partial charge in [-0.25, -0.2) is 9.97 Å². The molecule has 1 atom stereocenters. The minimum atomic E-state index is -0.199. The molecule has 0 bridgehead atoms. The Morgan fingerprint density at radius 2 is 2.30 bits per heavy atom. The second-order valence-corrected chi connectivity index (χ2v) is 5.35. The number of nitrogens with two attached hydrogens (primary N) is 2. The Labute approximate surface area is 133 Å². The largest absolute Gasteiger partial charge is 0.492 e. The summed E-state index contributed by atoms with van der Waals surface area (Å²) in [6.45, 7) is 1.16. The van der Waals surface area contributed by atoms with E-state index in [1.165, 1.54) is 0 Å². The van der Waals surface area contributed by atoms with Gasteiger partial charge in [0, 0.05) is 37.0 Å². The first kappa shape index (κ1) is 15.2. The Kier molecular flexibility index (Phi) is 4.38. The van der Waals surface area contributed by atoms with Crippen molar-refractivity contribution in [3.05, 3.63) is 52.9 Å². The van der Waals surface area contributed by atoms with Crippen LogP contribution in [-0.2, 0) is 11.3 Å². The number of hydrogen-bond donors (Lipinski definition) is 2. The summed E-state index contributed by atoms with van der Waals surface area (Å²) in [5.74, 6) is 0.190. The van der Waals surface area contributed by atoms with Crippen molar-refractivity contribution in [2.24, 2.45) is 5.73 Å². The Morgan fingerprint density at radius 3 is 3.00 bits per heavy atom. The average Bonchev–Trinajstić information content (AvgIpc) is 3.08. The van der Waals surface area contributed by atoms with Crippen LogP contribution in [0.5, 0.6) is 0 Å². The summed E-state index contributed by atoms with van der Waals surface area (Å²) in [6, 6.07) is 3.45. The maximum Gasteiger partial charge on any atom is 0.251 e. The van der Waals surface area contributed by atoms with Gasteiger partial charge in [-0.05, 0) is 30.7 Å². The van der Waals surface area contributed by atoms with Crippen molar-refractivity contribution in [1.29, 1.82) is 0 Å². The first-order valence-electron chi connectivity index (χ1n) is 7.53. The number of aryl methyl sites for hydroxylation is 1. The first-order chi connectivity index (χ1) is 11.2. The second kappa shape index (κ2) is 6.62. The van der Waals surface area contributed by atoms with Gasteiger partial charge in [0.1, 0.15) is 6.10 Å². The first-order valence-corrected chi connectivity index (χ1v) is 7.53. The third-order valence-electron chi connectivity index (χ3n) is 3.74. The minimum Gasteiger partial charge on any atom is -0.492 e. The molecule has 3 heterocycles. The molecule has 2 aromatic rings. The molecule has 7 nitrogen and oxygen atoms in total. The van der Waals surface area contributed by atoms with Gasteiger partial charge in [-0.3, -0.25) is 4.79 Å².